The smallest absolute Gasteiger partial charge is 0.213 e. The first-order valence-electron chi connectivity index (χ1n) is 13.3. The van der Waals surface area contributed by atoms with Crippen LogP contribution in [0.5, 0.6) is 5.75 Å². The second-order valence-corrected chi connectivity index (χ2v) is 10.8. The lowest BCUT2D eigenvalue weighted by Gasteiger charge is -2.41. The van der Waals surface area contributed by atoms with Crippen molar-refractivity contribution >= 4 is 22.6 Å². The monoisotopic (exact) mass is 515 g/mol. The maximum atomic E-state index is 15.0. The molecule has 3 aromatic heterocycles. The summed E-state index contributed by atoms with van der Waals surface area (Å²) in [5.41, 5.74) is 8.58. The van der Waals surface area contributed by atoms with Gasteiger partial charge in [0, 0.05) is 36.9 Å². The van der Waals surface area contributed by atoms with Gasteiger partial charge in [0.05, 0.1) is 30.3 Å². The summed E-state index contributed by atoms with van der Waals surface area (Å²) in [5.74, 6) is 7.09. The van der Waals surface area contributed by atoms with Crippen LogP contribution in [-0.2, 0) is 4.74 Å². The number of aromatic amines is 1. The number of imidazole rings is 1. The summed E-state index contributed by atoms with van der Waals surface area (Å²) < 4.78 is 28.5. The van der Waals surface area contributed by atoms with Gasteiger partial charge in [0.15, 0.2) is 22.9 Å². The molecule has 3 fully saturated rings. The number of benzene rings is 1. The van der Waals surface area contributed by atoms with Gasteiger partial charge in [-0.25, -0.2) is 9.37 Å². The molecule has 0 radical (unpaired) electrons. The molecule has 1 aliphatic carbocycles. The molecule has 2 saturated heterocycles. The highest BCUT2D eigenvalue weighted by Crippen LogP contribution is 2.42. The van der Waals surface area contributed by atoms with Gasteiger partial charge in [0.1, 0.15) is 5.69 Å². The molecule has 2 aliphatic heterocycles. The van der Waals surface area contributed by atoms with E-state index in [1.165, 1.54) is 0 Å². The minimum Gasteiger partial charge on any atom is -0.490 e. The Hall–Kier alpha value is -3.68. The predicted octanol–water partition coefficient (Wildman–Crippen LogP) is 3.27. The van der Waals surface area contributed by atoms with Crippen molar-refractivity contribution in [2.45, 2.75) is 44.8 Å². The Morgan fingerprint density at radius 2 is 2.11 bits per heavy atom. The standard InChI is InChI=1S/C28H30FN7O2/c1-17-24(30)28(16-38-17)9-12-35(13-10-28)27-32-25-22(26-31-11-14-36(26)27)20(33-34-25)8-7-19-3-2-4-21(23(19)29)37-15-18-5-6-18/h2-4,11,14,17-18,24H,5-6,9-10,12-13,15-16,30H2,1H3,(H,33,34)/t17-,24+/m0/s1. The Morgan fingerprint density at radius 3 is 2.87 bits per heavy atom. The van der Waals surface area contributed by atoms with Crippen molar-refractivity contribution in [2.75, 3.05) is 31.2 Å². The van der Waals surface area contributed by atoms with Gasteiger partial charge in [-0.1, -0.05) is 12.0 Å². The van der Waals surface area contributed by atoms with Gasteiger partial charge < -0.3 is 20.1 Å². The molecule has 10 heteroatoms. The lowest BCUT2D eigenvalue weighted by atomic mass is 9.73. The molecule has 196 valence electrons. The van der Waals surface area contributed by atoms with Crippen LogP contribution in [-0.4, -0.2) is 63.0 Å². The summed E-state index contributed by atoms with van der Waals surface area (Å²) in [5, 5.41) is 8.12. The number of piperidine rings is 1. The Morgan fingerprint density at radius 1 is 1.26 bits per heavy atom. The second kappa shape index (κ2) is 8.96. The third-order valence-electron chi connectivity index (χ3n) is 8.38. The van der Waals surface area contributed by atoms with Gasteiger partial charge in [0.2, 0.25) is 5.95 Å². The molecule has 7 rings (SSSR count). The number of halogens is 1. The number of aromatic nitrogens is 5. The predicted molar refractivity (Wildman–Crippen MR) is 141 cm³/mol. The second-order valence-electron chi connectivity index (χ2n) is 10.8. The van der Waals surface area contributed by atoms with Gasteiger partial charge in [-0.3, -0.25) is 9.50 Å². The molecular weight excluding hydrogens is 485 g/mol. The number of rotatable bonds is 4. The van der Waals surface area contributed by atoms with Crippen molar-refractivity contribution in [1.82, 2.24) is 24.6 Å². The van der Waals surface area contributed by atoms with Crippen molar-refractivity contribution in [3.05, 3.63) is 47.7 Å². The van der Waals surface area contributed by atoms with Crippen molar-refractivity contribution in [3.8, 4) is 17.6 Å². The van der Waals surface area contributed by atoms with Crippen LogP contribution >= 0.6 is 0 Å². The van der Waals surface area contributed by atoms with E-state index in [1.807, 2.05) is 10.6 Å². The topological polar surface area (TPSA) is 107 Å². The van der Waals surface area contributed by atoms with Gasteiger partial charge in [-0.2, -0.15) is 10.1 Å². The van der Waals surface area contributed by atoms with Crippen molar-refractivity contribution in [2.24, 2.45) is 17.1 Å². The summed E-state index contributed by atoms with van der Waals surface area (Å²) in [6.45, 7) is 4.98. The van der Waals surface area contributed by atoms with E-state index in [1.54, 1.807) is 24.4 Å². The molecule has 2 atom stereocenters. The average molecular weight is 516 g/mol. The number of nitrogens with zero attached hydrogens (tertiary/aromatic N) is 5. The molecular formula is C28H30FN7O2. The molecule has 3 N–H and O–H groups in total. The highest BCUT2D eigenvalue weighted by molar-refractivity contribution is 5.94. The fraction of sp³-hybridized carbons (Fsp3) is 0.464. The zero-order chi connectivity index (χ0) is 25.9. The minimum absolute atomic E-state index is 0.0281. The highest BCUT2D eigenvalue weighted by Gasteiger charge is 2.47. The molecule has 9 nitrogen and oxygen atoms in total. The van der Waals surface area contributed by atoms with Crippen molar-refractivity contribution < 1.29 is 13.9 Å². The van der Waals surface area contributed by atoms with E-state index in [0.29, 0.717) is 34.9 Å². The van der Waals surface area contributed by atoms with Crippen LogP contribution in [0.2, 0.25) is 0 Å². The van der Waals surface area contributed by atoms with E-state index in [-0.39, 0.29) is 28.9 Å². The van der Waals surface area contributed by atoms with Gasteiger partial charge in [0.25, 0.3) is 0 Å². The van der Waals surface area contributed by atoms with Gasteiger partial charge in [-0.15, -0.1) is 0 Å². The molecule has 4 aromatic rings. The minimum atomic E-state index is -0.448. The Kier molecular flexibility index (Phi) is 5.53. The largest absolute Gasteiger partial charge is 0.490 e. The summed E-state index contributed by atoms with van der Waals surface area (Å²) >= 11 is 0. The Labute approximate surface area is 219 Å². The van der Waals surface area contributed by atoms with Crippen LogP contribution in [0, 0.1) is 29.0 Å². The lowest BCUT2D eigenvalue weighted by Crippen LogP contribution is -2.51. The van der Waals surface area contributed by atoms with Crippen molar-refractivity contribution in [1.29, 1.82) is 0 Å². The molecule has 1 saturated carbocycles. The fourth-order valence-electron chi connectivity index (χ4n) is 5.71. The molecule has 0 bridgehead atoms. The van der Waals surface area contributed by atoms with Crippen LogP contribution in [0.3, 0.4) is 0 Å². The summed E-state index contributed by atoms with van der Waals surface area (Å²) in [6.07, 6.45) is 7.92. The number of fused-ring (bicyclic) bond motifs is 3. The number of anilines is 1. The van der Waals surface area contributed by atoms with Gasteiger partial charge >= 0.3 is 0 Å². The number of hydrogen-bond acceptors (Lipinski definition) is 7. The SMILES string of the molecule is C[C@@H]1OCC2(CCN(c3nc4[nH]nc(C#Cc5cccc(OCC6CC6)c5F)c4c4nccn34)CC2)[C@@H]1N. The molecule has 0 amide bonds. The van der Waals surface area contributed by atoms with E-state index in [0.717, 1.165) is 51.3 Å². The summed E-state index contributed by atoms with van der Waals surface area (Å²) in [7, 11) is 0. The van der Waals surface area contributed by atoms with Crippen molar-refractivity contribution in [3.63, 3.8) is 0 Å². The quantitative estimate of drug-likeness (QED) is 0.402. The van der Waals surface area contributed by atoms with E-state index in [4.69, 9.17) is 20.2 Å². The first kappa shape index (κ1) is 23.4. The third kappa shape index (κ3) is 3.89. The van der Waals surface area contributed by atoms with Crippen LogP contribution in [0.4, 0.5) is 10.3 Å². The molecule has 5 heterocycles. The Bertz CT molecular complexity index is 1570. The highest BCUT2D eigenvalue weighted by atomic mass is 19.1. The number of nitrogens with two attached hydrogens (primary N) is 1. The van der Waals surface area contributed by atoms with Crippen LogP contribution in [0.25, 0.3) is 16.7 Å². The Balaban J connectivity index is 1.18. The van der Waals surface area contributed by atoms with Crippen LogP contribution in [0.15, 0.2) is 30.6 Å². The molecule has 0 unspecified atom stereocenters. The normalized spacial score (nSPS) is 22.8. The number of ether oxygens (including phenoxy) is 2. The van der Waals surface area contributed by atoms with E-state index in [9.17, 15) is 4.39 Å². The molecule has 1 spiro atoms. The van der Waals surface area contributed by atoms with Crippen LogP contribution in [0.1, 0.15) is 43.9 Å². The summed E-state index contributed by atoms with van der Waals surface area (Å²) in [6, 6.07) is 5.10. The van der Waals surface area contributed by atoms with E-state index >= 15 is 0 Å². The van der Waals surface area contributed by atoms with E-state index in [2.05, 4.69) is 38.8 Å². The lowest BCUT2D eigenvalue weighted by molar-refractivity contribution is 0.0973. The molecule has 3 aliphatic rings. The maximum absolute atomic E-state index is 15.0. The third-order valence-corrected chi connectivity index (χ3v) is 8.38. The number of nitrogens with one attached hydrogen (secondary N) is 1. The van der Waals surface area contributed by atoms with Gasteiger partial charge in [-0.05, 0) is 56.6 Å². The number of hydrogen-bond donors (Lipinski definition) is 2. The molecule has 38 heavy (non-hydrogen) atoms. The number of H-pyrrole nitrogens is 1. The fourth-order valence-corrected chi connectivity index (χ4v) is 5.71. The van der Waals surface area contributed by atoms with Crippen LogP contribution < -0.4 is 15.4 Å². The molecule has 1 aromatic carbocycles. The summed E-state index contributed by atoms with van der Waals surface area (Å²) in [4.78, 5) is 11.8. The maximum Gasteiger partial charge on any atom is 0.213 e. The first-order chi connectivity index (χ1) is 18.5. The van der Waals surface area contributed by atoms with E-state index < -0.39 is 5.82 Å². The first-order valence-corrected chi connectivity index (χ1v) is 13.3. The zero-order valence-corrected chi connectivity index (χ0v) is 21.3. The average Bonchev–Trinajstić information content (AvgIpc) is 3.36. The zero-order valence-electron chi connectivity index (χ0n) is 21.3.